The van der Waals surface area contributed by atoms with E-state index in [0.29, 0.717) is 40.8 Å². The van der Waals surface area contributed by atoms with E-state index in [0.717, 1.165) is 22.2 Å². The largest absolute Gasteiger partial charge is 0.488 e. The maximum Gasteiger partial charge on any atom is 0.488 e. The predicted molar refractivity (Wildman–Crippen MR) is 125 cm³/mol. The summed E-state index contributed by atoms with van der Waals surface area (Å²) in [5.74, 6) is 0.976. The van der Waals surface area contributed by atoms with Gasteiger partial charge in [0.25, 0.3) is 5.95 Å². The minimum absolute atomic E-state index is 0.386. The van der Waals surface area contributed by atoms with Crippen LogP contribution in [-0.2, 0) is 24.0 Å². The Morgan fingerprint density at radius 2 is 1.94 bits per heavy atom. The number of hydrogen-bond acceptors (Lipinski definition) is 7. The molecule has 0 amide bonds. The van der Waals surface area contributed by atoms with Crippen LogP contribution in [0.1, 0.15) is 23.9 Å². The van der Waals surface area contributed by atoms with Crippen LogP contribution < -0.4 is 15.9 Å². The highest BCUT2D eigenvalue weighted by Gasteiger charge is 2.17. The lowest BCUT2D eigenvalue weighted by molar-refractivity contribution is 0.425. The van der Waals surface area contributed by atoms with E-state index in [1.807, 2.05) is 36.6 Å². The van der Waals surface area contributed by atoms with Gasteiger partial charge in [-0.15, -0.1) is 10.2 Å². The highest BCUT2D eigenvalue weighted by atomic mass is 32.2. The highest BCUT2D eigenvalue weighted by molar-refractivity contribution is 7.83. The molecular weight excluding hydrogens is 427 g/mol. The molecule has 4 rings (SSSR count). The van der Waals surface area contributed by atoms with Crippen molar-refractivity contribution in [3.63, 3.8) is 0 Å². The molecule has 0 bridgehead atoms. The molecule has 4 aromatic rings. The molecule has 0 aliphatic carbocycles. The van der Waals surface area contributed by atoms with Crippen molar-refractivity contribution < 1.29 is 14.3 Å². The average molecular weight is 450 g/mol. The van der Waals surface area contributed by atoms with Crippen molar-refractivity contribution in [3.05, 3.63) is 65.5 Å². The minimum Gasteiger partial charge on any atom is -0.423 e. The van der Waals surface area contributed by atoms with E-state index in [-0.39, 0.29) is 0 Å². The van der Waals surface area contributed by atoms with Gasteiger partial charge in [0.15, 0.2) is 5.82 Å². The molecule has 0 radical (unpaired) electrons. The summed E-state index contributed by atoms with van der Waals surface area (Å²) in [7, 11) is -3.13. The fourth-order valence-corrected chi connectivity index (χ4v) is 4.23. The van der Waals surface area contributed by atoms with Gasteiger partial charge >= 0.3 is 7.12 Å². The summed E-state index contributed by atoms with van der Waals surface area (Å²) in [4.78, 5) is 5.26. The number of fused-ring (bicyclic) bond motifs is 1. The van der Waals surface area contributed by atoms with Gasteiger partial charge in [-0.05, 0) is 42.6 Å². The summed E-state index contributed by atoms with van der Waals surface area (Å²) in [5.41, 5.74) is 3.66. The van der Waals surface area contributed by atoms with Crippen molar-refractivity contribution in [2.24, 2.45) is 5.14 Å². The van der Waals surface area contributed by atoms with Gasteiger partial charge < -0.3 is 15.4 Å². The van der Waals surface area contributed by atoms with Gasteiger partial charge in [0.1, 0.15) is 16.7 Å². The molecular formula is C21H23BN6O3S. The van der Waals surface area contributed by atoms with Crippen molar-refractivity contribution >= 4 is 40.3 Å². The molecule has 32 heavy (non-hydrogen) atoms. The molecule has 5 N–H and O–H groups in total. The number of aryl methyl sites for hydroxylation is 2. The number of anilines is 1. The monoisotopic (exact) mass is 450 g/mol. The van der Waals surface area contributed by atoms with E-state index in [1.165, 1.54) is 0 Å². The highest BCUT2D eigenvalue weighted by Crippen LogP contribution is 2.27. The lowest BCUT2D eigenvalue weighted by atomic mass is 9.80. The zero-order valence-electron chi connectivity index (χ0n) is 17.7. The first-order valence-corrected chi connectivity index (χ1v) is 11.3. The standard InChI is InChI=1S/C21H23BN6O3S/c1-3-17-20(24-12-14-6-4-7-15(11-14)22(29)30)25-21(27-26-17)28-13(2)10-16-18(28)8-5-9-19(16)32(23)31/h4-11,29-30H,3,12,23H2,1-2H3,(H,24,25,27). The Kier molecular flexibility index (Phi) is 6.33. The Hall–Kier alpha value is -3.12. The van der Waals surface area contributed by atoms with Crippen LogP contribution in [0, 0.1) is 6.92 Å². The van der Waals surface area contributed by atoms with Crippen LogP contribution >= 0.6 is 0 Å². The molecule has 2 aromatic heterocycles. The fourth-order valence-electron chi connectivity index (χ4n) is 3.64. The number of nitrogens with one attached hydrogen (secondary N) is 1. The second-order valence-corrected chi connectivity index (χ2v) is 8.38. The van der Waals surface area contributed by atoms with E-state index < -0.39 is 18.1 Å². The van der Waals surface area contributed by atoms with Crippen LogP contribution in [0.5, 0.6) is 0 Å². The predicted octanol–water partition coefficient (Wildman–Crippen LogP) is 0.960. The molecule has 0 saturated carbocycles. The third kappa shape index (κ3) is 4.28. The van der Waals surface area contributed by atoms with E-state index in [1.54, 1.807) is 30.3 Å². The van der Waals surface area contributed by atoms with Crippen molar-refractivity contribution in [2.45, 2.75) is 31.7 Å². The van der Waals surface area contributed by atoms with Crippen molar-refractivity contribution in [1.29, 1.82) is 0 Å². The van der Waals surface area contributed by atoms with Crippen molar-refractivity contribution in [1.82, 2.24) is 19.7 Å². The van der Waals surface area contributed by atoms with E-state index >= 15 is 0 Å². The average Bonchev–Trinajstić information content (AvgIpc) is 3.13. The summed E-state index contributed by atoms with van der Waals surface area (Å²) in [6.45, 7) is 4.31. The third-order valence-electron chi connectivity index (χ3n) is 5.20. The van der Waals surface area contributed by atoms with Gasteiger partial charge in [-0.2, -0.15) is 4.98 Å². The Labute approximate surface area is 188 Å². The summed E-state index contributed by atoms with van der Waals surface area (Å²) < 4.78 is 13.8. The molecule has 164 valence electrons. The molecule has 2 aromatic carbocycles. The van der Waals surface area contributed by atoms with E-state index in [2.05, 4.69) is 15.5 Å². The number of rotatable bonds is 7. The number of benzene rings is 2. The molecule has 1 atom stereocenters. The molecule has 0 aliphatic rings. The van der Waals surface area contributed by atoms with Crippen LogP contribution in [-0.4, -0.2) is 41.1 Å². The minimum atomic E-state index is -1.61. The second kappa shape index (κ2) is 9.17. The van der Waals surface area contributed by atoms with Crippen LogP contribution in [0.15, 0.2) is 53.4 Å². The fraction of sp³-hybridized carbons (Fsp3) is 0.190. The number of hydrogen-bond donors (Lipinski definition) is 4. The van der Waals surface area contributed by atoms with Gasteiger partial charge in [-0.1, -0.05) is 37.3 Å². The lowest BCUT2D eigenvalue weighted by Gasteiger charge is -2.13. The molecule has 9 nitrogen and oxygen atoms in total. The maximum atomic E-state index is 11.9. The molecule has 0 spiro atoms. The Morgan fingerprint density at radius 1 is 1.16 bits per heavy atom. The maximum absolute atomic E-state index is 11.9. The molecule has 1 unspecified atom stereocenters. The molecule has 2 heterocycles. The Bertz CT molecular complexity index is 1310. The molecule has 0 fully saturated rings. The summed E-state index contributed by atoms with van der Waals surface area (Å²) in [6.07, 6.45) is 0.639. The van der Waals surface area contributed by atoms with Crippen LogP contribution in [0.25, 0.3) is 16.9 Å². The Balaban J connectivity index is 1.72. The molecule has 0 aliphatic heterocycles. The van der Waals surface area contributed by atoms with Gasteiger partial charge in [0, 0.05) is 17.6 Å². The van der Waals surface area contributed by atoms with Gasteiger partial charge in [-0.25, -0.2) is 9.35 Å². The first-order chi connectivity index (χ1) is 15.4. The normalized spacial score (nSPS) is 12.2. The number of nitrogens with two attached hydrogens (primary N) is 1. The summed E-state index contributed by atoms with van der Waals surface area (Å²) in [6, 6.07) is 14.4. The van der Waals surface area contributed by atoms with E-state index in [4.69, 9.17) is 10.1 Å². The number of nitrogens with zero attached hydrogens (tertiary/aromatic N) is 4. The van der Waals surface area contributed by atoms with Crippen LogP contribution in [0.4, 0.5) is 5.82 Å². The second-order valence-electron chi connectivity index (χ2n) is 7.34. The van der Waals surface area contributed by atoms with Crippen molar-refractivity contribution in [3.8, 4) is 5.95 Å². The topological polar surface area (TPSA) is 139 Å². The van der Waals surface area contributed by atoms with Crippen molar-refractivity contribution in [2.75, 3.05) is 5.32 Å². The lowest BCUT2D eigenvalue weighted by Crippen LogP contribution is -2.30. The summed E-state index contributed by atoms with van der Waals surface area (Å²) in [5, 5.41) is 37.2. The van der Waals surface area contributed by atoms with Crippen LogP contribution in [0.3, 0.4) is 0 Å². The first kappa shape index (κ1) is 22.1. The zero-order valence-corrected chi connectivity index (χ0v) is 18.5. The first-order valence-electron chi connectivity index (χ1n) is 10.1. The van der Waals surface area contributed by atoms with Gasteiger partial charge in [-0.3, -0.25) is 4.57 Å². The smallest absolute Gasteiger partial charge is 0.423 e. The quantitative estimate of drug-likeness (QED) is 0.308. The van der Waals surface area contributed by atoms with Gasteiger partial charge in [0.05, 0.1) is 10.4 Å². The zero-order chi connectivity index (χ0) is 22.8. The van der Waals surface area contributed by atoms with Gasteiger partial charge in [0.2, 0.25) is 0 Å². The SMILES string of the molecule is CCc1nnc(-n2c(C)cc3c(S(N)=O)cccc32)nc1NCc1cccc(B(O)O)c1. The number of aromatic nitrogens is 4. The molecule has 0 saturated heterocycles. The third-order valence-corrected chi connectivity index (χ3v) is 5.99. The Morgan fingerprint density at radius 3 is 2.66 bits per heavy atom. The van der Waals surface area contributed by atoms with E-state index in [9.17, 15) is 14.3 Å². The summed E-state index contributed by atoms with van der Waals surface area (Å²) >= 11 is 0. The van der Waals surface area contributed by atoms with Crippen LogP contribution in [0.2, 0.25) is 0 Å². The molecule has 11 heteroatoms.